The molecule has 0 bridgehead atoms. The van der Waals surface area contributed by atoms with Gasteiger partial charge in [0.2, 0.25) is 5.91 Å². The number of nitrogens with one attached hydrogen (secondary N) is 3. The van der Waals surface area contributed by atoms with Gasteiger partial charge in [-0.15, -0.1) is 35.7 Å². The number of aryl methyl sites for hydroxylation is 1. The molecule has 3 N–H and O–H groups in total. The molecule has 1 aromatic rings. The number of carbonyl (C=O) groups is 1. The largest absolute Gasteiger partial charge is 0.356 e. The summed E-state index contributed by atoms with van der Waals surface area (Å²) in [5.74, 6) is 0.751. The molecule has 7 heteroatoms. The van der Waals surface area contributed by atoms with E-state index < -0.39 is 0 Å². The summed E-state index contributed by atoms with van der Waals surface area (Å²) in [6.07, 6.45) is 2.51. The van der Waals surface area contributed by atoms with E-state index in [2.05, 4.69) is 52.3 Å². The second kappa shape index (κ2) is 12.4. The second-order valence-electron chi connectivity index (χ2n) is 5.64. The van der Waals surface area contributed by atoms with Crippen LogP contribution < -0.4 is 16.0 Å². The van der Waals surface area contributed by atoms with Gasteiger partial charge in [0.1, 0.15) is 0 Å². The van der Waals surface area contributed by atoms with Gasteiger partial charge in [0, 0.05) is 37.5 Å². The first-order valence-corrected chi connectivity index (χ1v) is 9.06. The molecule has 136 valence electrons. The van der Waals surface area contributed by atoms with Gasteiger partial charge in [-0.3, -0.25) is 9.79 Å². The number of benzene rings is 1. The quantitative estimate of drug-likeness (QED) is 0.251. The van der Waals surface area contributed by atoms with E-state index in [4.69, 9.17) is 0 Å². The predicted molar refractivity (Wildman–Crippen MR) is 114 cm³/mol. The van der Waals surface area contributed by atoms with Crippen LogP contribution in [0.4, 0.5) is 0 Å². The fourth-order valence-corrected chi connectivity index (χ4v) is 2.79. The number of guanidine groups is 1. The van der Waals surface area contributed by atoms with Crippen LogP contribution in [0.2, 0.25) is 0 Å². The van der Waals surface area contributed by atoms with Gasteiger partial charge in [-0.25, -0.2) is 0 Å². The van der Waals surface area contributed by atoms with Crippen molar-refractivity contribution in [2.75, 3.05) is 19.8 Å². The molecule has 0 aliphatic carbocycles. The third-order valence-electron chi connectivity index (χ3n) is 3.21. The molecule has 0 atom stereocenters. The lowest BCUT2D eigenvalue weighted by Crippen LogP contribution is -2.39. The molecule has 0 unspecified atom stereocenters. The topological polar surface area (TPSA) is 65.5 Å². The molecule has 0 aliphatic rings. The minimum absolute atomic E-state index is 0. The van der Waals surface area contributed by atoms with E-state index in [-0.39, 0.29) is 35.9 Å². The number of rotatable bonds is 7. The minimum atomic E-state index is 0. The van der Waals surface area contributed by atoms with E-state index in [9.17, 15) is 4.79 Å². The van der Waals surface area contributed by atoms with Gasteiger partial charge >= 0.3 is 0 Å². The number of thioether (sulfide) groups is 1. The van der Waals surface area contributed by atoms with Crippen molar-refractivity contribution in [1.82, 2.24) is 16.0 Å². The third-order valence-corrected chi connectivity index (χ3v) is 4.03. The van der Waals surface area contributed by atoms with E-state index in [1.807, 2.05) is 13.8 Å². The summed E-state index contributed by atoms with van der Waals surface area (Å²) in [5.41, 5.74) is 2.50. The van der Waals surface area contributed by atoms with Gasteiger partial charge in [-0.1, -0.05) is 12.1 Å². The molecule has 5 nitrogen and oxygen atoms in total. The summed E-state index contributed by atoms with van der Waals surface area (Å²) < 4.78 is 0. The molecule has 0 saturated carbocycles. The van der Waals surface area contributed by atoms with Crippen LogP contribution in [0.25, 0.3) is 0 Å². The number of carbonyl (C=O) groups excluding carboxylic acids is 1. The van der Waals surface area contributed by atoms with Crippen molar-refractivity contribution in [3.05, 3.63) is 29.3 Å². The normalized spacial score (nSPS) is 11.0. The Balaban J connectivity index is 0.00000529. The van der Waals surface area contributed by atoms with Crippen molar-refractivity contribution in [2.24, 2.45) is 4.99 Å². The molecule has 0 saturated heterocycles. The molecule has 0 heterocycles. The van der Waals surface area contributed by atoms with Gasteiger partial charge in [0.15, 0.2) is 5.96 Å². The zero-order valence-electron chi connectivity index (χ0n) is 15.1. The Labute approximate surface area is 166 Å². The molecule has 0 spiro atoms. The number of hydrogen-bond donors (Lipinski definition) is 3. The van der Waals surface area contributed by atoms with Crippen molar-refractivity contribution in [1.29, 1.82) is 0 Å². The van der Waals surface area contributed by atoms with Gasteiger partial charge in [0.25, 0.3) is 0 Å². The van der Waals surface area contributed by atoms with Gasteiger partial charge in [0.05, 0.1) is 0 Å². The van der Waals surface area contributed by atoms with Crippen LogP contribution in [0.15, 0.2) is 28.1 Å². The van der Waals surface area contributed by atoms with Crippen LogP contribution in [0.5, 0.6) is 0 Å². The van der Waals surface area contributed by atoms with Crippen molar-refractivity contribution in [3.8, 4) is 0 Å². The molecule has 0 aromatic heterocycles. The maximum atomic E-state index is 11.6. The fraction of sp³-hybridized carbons (Fsp3) is 0.529. The van der Waals surface area contributed by atoms with Crippen molar-refractivity contribution in [3.63, 3.8) is 0 Å². The summed E-state index contributed by atoms with van der Waals surface area (Å²) >= 11 is 1.74. The zero-order chi connectivity index (χ0) is 17.2. The Morgan fingerprint density at radius 2 is 2.00 bits per heavy atom. The van der Waals surface area contributed by atoms with Crippen molar-refractivity contribution >= 4 is 47.6 Å². The van der Waals surface area contributed by atoms with Gasteiger partial charge in [-0.2, -0.15) is 0 Å². The highest BCUT2D eigenvalue weighted by Crippen LogP contribution is 2.21. The SMILES string of the molecule is CN=C(NCCC(=O)NC(C)C)NCc1ccc(C)cc1SC.I. The molecular weight excluding hydrogens is 435 g/mol. The fourth-order valence-electron chi connectivity index (χ4n) is 2.09. The lowest BCUT2D eigenvalue weighted by atomic mass is 10.1. The number of aliphatic imine (C=N–C) groups is 1. The molecule has 1 amide bonds. The molecule has 24 heavy (non-hydrogen) atoms. The molecule has 0 fully saturated rings. The Bertz CT molecular complexity index is 549. The van der Waals surface area contributed by atoms with E-state index >= 15 is 0 Å². The number of nitrogens with zero attached hydrogens (tertiary/aromatic N) is 1. The summed E-state index contributed by atoms with van der Waals surface area (Å²) in [7, 11) is 1.73. The summed E-state index contributed by atoms with van der Waals surface area (Å²) in [6, 6.07) is 6.61. The first-order chi connectivity index (χ1) is 11.0. The first kappa shape index (κ1) is 23.0. The highest BCUT2D eigenvalue weighted by molar-refractivity contribution is 14.0. The Kier molecular flexibility index (Phi) is 11.9. The Morgan fingerprint density at radius 1 is 1.29 bits per heavy atom. The van der Waals surface area contributed by atoms with Crippen LogP contribution in [0.1, 0.15) is 31.4 Å². The standard InChI is InChI=1S/C17H28N4OS.HI/c1-12(2)21-16(22)8-9-19-17(18-4)20-11-14-7-6-13(3)10-15(14)23-5;/h6-7,10,12H,8-9,11H2,1-5H3,(H,21,22)(H2,18,19,20);1H. The van der Waals surface area contributed by atoms with Crippen LogP contribution in [-0.4, -0.2) is 37.8 Å². The highest BCUT2D eigenvalue weighted by Gasteiger charge is 2.06. The summed E-state index contributed by atoms with van der Waals surface area (Å²) in [5, 5.41) is 9.32. The molecule has 1 rings (SSSR count). The van der Waals surface area contributed by atoms with Crippen LogP contribution in [0, 0.1) is 6.92 Å². The van der Waals surface area contributed by atoms with Gasteiger partial charge < -0.3 is 16.0 Å². The third kappa shape index (κ3) is 8.77. The first-order valence-electron chi connectivity index (χ1n) is 7.83. The van der Waals surface area contributed by atoms with Crippen LogP contribution in [-0.2, 0) is 11.3 Å². The smallest absolute Gasteiger partial charge is 0.221 e. The number of halogens is 1. The number of hydrogen-bond acceptors (Lipinski definition) is 3. The zero-order valence-corrected chi connectivity index (χ0v) is 18.2. The minimum Gasteiger partial charge on any atom is -0.356 e. The molecule has 0 radical (unpaired) electrons. The molecular formula is C17H29IN4OS. The molecule has 1 aromatic carbocycles. The maximum absolute atomic E-state index is 11.6. The van der Waals surface area contributed by atoms with Crippen molar-refractivity contribution < 1.29 is 4.79 Å². The van der Waals surface area contributed by atoms with E-state index in [1.165, 1.54) is 16.0 Å². The average Bonchev–Trinajstić information content (AvgIpc) is 2.50. The summed E-state index contributed by atoms with van der Waals surface area (Å²) in [4.78, 5) is 17.1. The lowest BCUT2D eigenvalue weighted by molar-refractivity contribution is -0.121. The van der Waals surface area contributed by atoms with Crippen LogP contribution in [0.3, 0.4) is 0 Å². The van der Waals surface area contributed by atoms with E-state index in [1.54, 1.807) is 18.8 Å². The maximum Gasteiger partial charge on any atom is 0.221 e. The average molecular weight is 464 g/mol. The van der Waals surface area contributed by atoms with Crippen molar-refractivity contribution in [2.45, 2.75) is 44.7 Å². The lowest BCUT2D eigenvalue weighted by Gasteiger charge is -2.14. The highest BCUT2D eigenvalue weighted by atomic mass is 127. The second-order valence-corrected chi connectivity index (χ2v) is 6.49. The van der Waals surface area contributed by atoms with E-state index in [0.717, 1.165) is 0 Å². The number of amides is 1. The predicted octanol–water partition coefficient (Wildman–Crippen LogP) is 2.91. The van der Waals surface area contributed by atoms with Gasteiger partial charge in [-0.05, 0) is 44.2 Å². The Hall–Kier alpha value is -0.960. The molecule has 0 aliphatic heterocycles. The Morgan fingerprint density at radius 3 is 2.58 bits per heavy atom. The summed E-state index contributed by atoms with van der Waals surface area (Å²) in [6.45, 7) is 7.27. The van der Waals surface area contributed by atoms with Crippen LogP contribution >= 0.6 is 35.7 Å². The monoisotopic (exact) mass is 464 g/mol. The van der Waals surface area contributed by atoms with E-state index in [0.29, 0.717) is 25.5 Å².